The Morgan fingerprint density at radius 3 is 2.15 bits per heavy atom. The van der Waals surface area contributed by atoms with Crippen LogP contribution in [0, 0.1) is 0 Å². The number of benzene rings is 7. The van der Waals surface area contributed by atoms with Gasteiger partial charge in [-0.15, -0.1) is 22.7 Å². The van der Waals surface area contributed by atoms with Gasteiger partial charge >= 0.3 is 0 Å². The van der Waals surface area contributed by atoms with Crippen molar-refractivity contribution in [3.8, 4) is 16.8 Å². The number of hydrogen-bond donors (Lipinski definition) is 0. The minimum Gasteiger partial charge on any atom is -0.454 e. The molecular formula is C42H23NOS2. The van der Waals surface area contributed by atoms with Crippen LogP contribution in [0.25, 0.3) is 101 Å². The number of aromatic nitrogens is 1. The van der Waals surface area contributed by atoms with Gasteiger partial charge in [0.2, 0.25) is 0 Å². The summed E-state index contributed by atoms with van der Waals surface area (Å²) in [7, 11) is 0. The van der Waals surface area contributed by atoms with Crippen molar-refractivity contribution in [3.05, 3.63) is 140 Å². The van der Waals surface area contributed by atoms with Crippen LogP contribution in [0.5, 0.6) is 0 Å². The van der Waals surface area contributed by atoms with Crippen LogP contribution in [0.3, 0.4) is 0 Å². The van der Waals surface area contributed by atoms with E-state index in [0.29, 0.717) is 0 Å². The number of hydrogen-bond acceptors (Lipinski definition) is 3. The smallest absolute Gasteiger partial charge is 0.160 e. The summed E-state index contributed by atoms with van der Waals surface area (Å²) < 4.78 is 14.3. The van der Waals surface area contributed by atoms with Crippen molar-refractivity contribution in [2.45, 2.75) is 0 Å². The molecule has 0 amide bonds. The van der Waals surface area contributed by atoms with Crippen molar-refractivity contribution in [2.24, 2.45) is 0 Å². The molecule has 0 fully saturated rings. The van der Waals surface area contributed by atoms with Gasteiger partial charge in [-0.3, -0.25) is 0 Å². The van der Waals surface area contributed by atoms with E-state index in [1.807, 2.05) is 28.7 Å². The highest BCUT2D eigenvalue weighted by molar-refractivity contribution is 7.26. The first kappa shape index (κ1) is 24.8. The van der Waals surface area contributed by atoms with Crippen LogP contribution >= 0.6 is 22.7 Å². The minimum absolute atomic E-state index is 0.919. The summed E-state index contributed by atoms with van der Waals surface area (Å²) in [5.41, 5.74) is 7.88. The molecule has 46 heavy (non-hydrogen) atoms. The Kier molecular flexibility index (Phi) is 4.90. The molecular weight excluding hydrogens is 599 g/mol. The molecule has 0 aliphatic carbocycles. The van der Waals surface area contributed by atoms with E-state index in [-0.39, 0.29) is 0 Å². The lowest BCUT2D eigenvalue weighted by atomic mass is 9.98. The largest absolute Gasteiger partial charge is 0.454 e. The first-order chi connectivity index (χ1) is 22.8. The van der Waals surface area contributed by atoms with E-state index in [1.165, 1.54) is 73.4 Å². The lowest BCUT2D eigenvalue weighted by molar-refractivity contribution is 0.671. The van der Waals surface area contributed by atoms with Gasteiger partial charge in [-0.25, -0.2) is 0 Å². The Hall–Kier alpha value is -5.42. The average Bonchev–Trinajstić information content (AvgIpc) is 3.86. The molecule has 0 aliphatic rings. The summed E-state index contributed by atoms with van der Waals surface area (Å²) >= 11 is 3.76. The SMILES string of the molecule is c1ccc2c(c1)oc1c2ccc2c3ccccc3n(-c3cccc4c3sc3cccc(-c5ccc6c(c5)sc5ccccc56)c34)c21. The van der Waals surface area contributed by atoms with Gasteiger partial charge in [0.15, 0.2) is 5.58 Å². The predicted octanol–water partition coefficient (Wildman–Crippen LogP) is 13.1. The summed E-state index contributed by atoms with van der Waals surface area (Å²) in [6, 6.07) is 50.9. The normalized spacial score (nSPS) is 12.3. The standard InChI is InChI=1S/C42H23NOS2/c1-4-14-33-26(9-1)30-21-22-31-27-10-2-5-16-35(27)44-41(31)40(30)43(33)34-15-7-13-32-39-25(12-8-18-37(39)46-42(32)34)24-19-20-29-28-11-3-6-17-36(28)45-38(29)23-24/h1-23H. The molecule has 7 aromatic carbocycles. The second kappa shape index (κ2) is 9.07. The highest BCUT2D eigenvalue weighted by Crippen LogP contribution is 2.46. The number of thiophene rings is 2. The zero-order chi connectivity index (χ0) is 29.9. The van der Waals surface area contributed by atoms with Crippen LogP contribution in [-0.4, -0.2) is 4.57 Å². The van der Waals surface area contributed by atoms with Crippen LogP contribution in [-0.2, 0) is 0 Å². The number of rotatable bonds is 2. The number of fused-ring (bicyclic) bond motifs is 13. The molecule has 0 bridgehead atoms. The molecule has 0 N–H and O–H groups in total. The summed E-state index contributed by atoms with van der Waals surface area (Å²) in [5, 5.41) is 10.0. The molecule has 0 unspecified atom stereocenters. The van der Waals surface area contributed by atoms with Gasteiger partial charge in [0.1, 0.15) is 5.58 Å². The maximum Gasteiger partial charge on any atom is 0.160 e. The molecule has 2 nitrogen and oxygen atoms in total. The van der Waals surface area contributed by atoms with E-state index in [2.05, 4.69) is 138 Å². The fourth-order valence-electron chi connectivity index (χ4n) is 7.62. The topological polar surface area (TPSA) is 18.1 Å². The van der Waals surface area contributed by atoms with Crippen LogP contribution in [0.2, 0.25) is 0 Å². The Bertz CT molecular complexity index is 3040. The second-order valence-electron chi connectivity index (χ2n) is 12.0. The first-order valence-corrected chi connectivity index (χ1v) is 17.1. The summed E-state index contributed by atoms with van der Waals surface area (Å²) in [6.45, 7) is 0. The van der Waals surface area contributed by atoms with E-state index >= 15 is 0 Å². The highest BCUT2D eigenvalue weighted by atomic mass is 32.1. The molecule has 0 radical (unpaired) electrons. The van der Waals surface area contributed by atoms with Gasteiger partial charge in [-0.05, 0) is 53.6 Å². The van der Waals surface area contributed by atoms with Gasteiger partial charge in [-0.1, -0.05) is 97.1 Å². The number of furan rings is 1. The Balaban J connectivity index is 1.22. The Labute approximate surface area is 270 Å². The maximum absolute atomic E-state index is 6.65. The molecule has 4 aromatic heterocycles. The molecule has 4 heteroatoms. The number of nitrogens with zero attached hydrogens (tertiary/aromatic N) is 1. The molecule has 214 valence electrons. The minimum atomic E-state index is 0.919. The van der Waals surface area contributed by atoms with Crippen molar-refractivity contribution < 1.29 is 4.42 Å². The van der Waals surface area contributed by atoms with E-state index < -0.39 is 0 Å². The molecule has 0 saturated heterocycles. The number of para-hydroxylation sites is 2. The van der Waals surface area contributed by atoms with Gasteiger partial charge in [0, 0.05) is 57.2 Å². The third-order valence-corrected chi connectivity index (χ3v) is 11.9. The van der Waals surface area contributed by atoms with Crippen molar-refractivity contribution >= 4 is 107 Å². The predicted molar refractivity (Wildman–Crippen MR) is 199 cm³/mol. The fraction of sp³-hybridized carbons (Fsp3) is 0. The second-order valence-corrected chi connectivity index (χ2v) is 14.2. The summed E-state index contributed by atoms with van der Waals surface area (Å²) in [5.74, 6) is 0. The van der Waals surface area contributed by atoms with Gasteiger partial charge in [0.25, 0.3) is 0 Å². The quantitative estimate of drug-likeness (QED) is 0.188. The lowest BCUT2D eigenvalue weighted by Gasteiger charge is -2.10. The highest BCUT2D eigenvalue weighted by Gasteiger charge is 2.21. The molecule has 11 rings (SSSR count). The summed E-state index contributed by atoms with van der Waals surface area (Å²) in [4.78, 5) is 0. The van der Waals surface area contributed by atoms with E-state index in [1.54, 1.807) is 0 Å². The van der Waals surface area contributed by atoms with Crippen LogP contribution in [0.4, 0.5) is 0 Å². The van der Waals surface area contributed by atoms with Gasteiger partial charge < -0.3 is 8.98 Å². The van der Waals surface area contributed by atoms with E-state index in [9.17, 15) is 0 Å². The van der Waals surface area contributed by atoms with Crippen molar-refractivity contribution in [3.63, 3.8) is 0 Å². The van der Waals surface area contributed by atoms with E-state index in [0.717, 1.165) is 27.5 Å². The lowest BCUT2D eigenvalue weighted by Crippen LogP contribution is -1.94. The average molecular weight is 622 g/mol. The molecule has 0 aliphatic heterocycles. The molecule has 0 saturated carbocycles. The van der Waals surface area contributed by atoms with Crippen molar-refractivity contribution in [1.29, 1.82) is 0 Å². The van der Waals surface area contributed by atoms with Gasteiger partial charge in [0.05, 0.1) is 21.4 Å². The summed E-state index contributed by atoms with van der Waals surface area (Å²) in [6.07, 6.45) is 0. The van der Waals surface area contributed by atoms with Crippen LogP contribution < -0.4 is 0 Å². The molecule has 4 heterocycles. The third-order valence-electron chi connectivity index (χ3n) is 9.61. The maximum atomic E-state index is 6.65. The Morgan fingerprint density at radius 2 is 1.20 bits per heavy atom. The fourth-order valence-corrected chi connectivity index (χ4v) is 10.0. The van der Waals surface area contributed by atoms with Crippen LogP contribution in [0.1, 0.15) is 0 Å². The first-order valence-electron chi connectivity index (χ1n) is 15.5. The molecule has 0 atom stereocenters. The van der Waals surface area contributed by atoms with Crippen LogP contribution in [0.15, 0.2) is 144 Å². The Morgan fingerprint density at radius 1 is 0.478 bits per heavy atom. The zero-order valence-corrected chi connectivity index (χ0v) is 26.1. The molecule has 0 spiro atoms. The zero-order valence-electron chi connectivity index (χ0n) is 24.5. The van der Waals surface area contributed by atoms with Gasteiger partial charge in [-0.2, -0.15) is 0 Å². The molecule has 11 aromatic rings. The van der Waals surface area contributed by atoms with Crippen molar-refractivity contribution in [1.82, 2.24) is 4.57 Å². The monoisotopic (exact) mass is 621 g/mol. The van der Waals surface area contributed by atoms with E-state index in [4.69, 9.17) is 4.42 Å². The third kappa shape index (κ3) is 3.24. The van der Waals surface area contributed by atoms with Crippen molar-refractivity contribution in [2.75, 3.05) is 0 Å².